The van der Waals surface area contributed by atoms with Gasteiger partial charge in [-0.15, -0.1) is 0 Å². The van der Waals surface area contributed by atoms with E-state index in [2.05, 4.69) is 9.05 Å². The quantitative estimate of drug-likeness (QED) is 0.206. The Balaban J connectivity index is 0.000000578. The van der Waals surface area contributed by atoms with E-state index in [1.165, 1.54) is 24.3 Å². The summed E-state index contributed by atoms with van der Waals surface area (Å²) in [7, 11) is -9.22. The number of nitrogens with two attached hydrogens (primary N) is 2. The molecule has 0 saturated carbocycles. The number of hydrogen-bond donors (Lipinski definition) is 8. The van der Waals surface area contributed by atoms with Crippen molar-refractivity contribution < 1.29 is 57.6 Å². The van der Waals surface area contributed by atoms with Gasteiger partial charge in [-0.25, -0.2) is 9.13 Å². The van der Waals surface area contributed by atoms with Crippen LogP contribution < -0.4 is 16.0 Å². The zero-order valence-corrected chi connectivity index (χ0v) is 16.7. The van der Waals surface area contributed by atoms with E-state index in [1.54, 1.807) is 0 Å². The van der Waals surface area contributed by atoms with Crippen molar-refractivity contribution >= 4 is 27.6 Å². The Labute approximate surface area is 164 Å². The third-order valence-corrected chi connectivity index (χ3v) is 4.07. The molecule has 29 heavy (non-hydrogen) atoms. The van der Waals surface area contributed by atoms with Gasteiger partial charge < -0.3 is 36.0 Å². The molecule has 0 radical (unpaired) electrons. The fourth-order valence-corrected chi connectivity index (χ4v) is 2.61. The highest BCUT2D eigenvalue weighted by atomic mass is 31.2. The Kier molecular flexibility index (Phi) is 10.6. The number of carbonyl (C=O) groups is 2. The minimum absolute atomic E-state index is 0.00554. The number of phosphoric acid groups is 2. The average Bonchev–Trinajstić information content (AvgIpc) is 2.53. The van der Waals surface area contributed by atoms with Gasteiger partial charge in [0.1, 0.15) is 17.8 Å². The monoisotopic (exact) mass is 460 g/mol. The minimum Gasteiger partial charge on any atom is -0.480 e. The fourth-order valence-electron chi connectivity index (χ4n) is 1.65. The molecular weight excluding hydrogens is 438 g/mol. The van der Waals surface area contributed by atoms with E-state index in [4.69, 9.17) is 41.3 Å². The molecule has 10 N–H and O–H groups in total. The summed E-state index contributed by atoms with van der Waals surface area (Å²) in [6.45, 7) is 1.16. The SMILES string of the molecule is C[C@@H](OP(=O)(O)O)[C@H](N)C(=O)O.N[C@@H](Cc1ccc(OP(=O)(O)O)cc1)C(=O)O. The third kappa shape index (κ3) is 13.1. The molecule has 0 aliphatic carbocycles. The first-order chi connectivity index (χ1) is 13.0. The number of rotatable bonds is 9. The maximum Gasteiger partial charge on any atom is 0.524 e. The highest BCUT2D eigenvalue weighted by Gasteiger charge is 2.27. The Morgan fingerprint density at radius 1 is 0.966 bits per heavy atom. The summed E-state index contributed by atoms with van der Waals surface area (Å²) in [5.41, 5.74) is 11.0. The lowest BCUT2D eigenvalue weighted by atomic mass is 10.1. The second-order valence-electron chi connectivity index (χ2n) is 5.54. The normalized spacial score (nSPS) is 14.7. The summed E-state index contributed by atoms with van der Waals surface area (Å²) in [6, 6.07) is 3.20. The summed E-state index contributed by atoms with van der Waals surface area (Å²) < 4.78 is 29.1. The first kappa shape index (κ1) is 27.1. The topological polar surface area (TPSA) is 260 Å². The van der Waals surface area contributed by atoms with Crippen molar-refractivity contribution in [2.45, 2.75) is 31.5 Å². The molecule has 0 amide bonds. The molecule has 0 saturated heterocycles. The molecule has 166 valence electrons. The lowest BCUT2D eigenvalue weighted by Crippen LogP contribution is -2.41. The smallest absolute Gasteiger partial charge is 0.480 e. The standard InChI is InChI=1S/C9H12NO6P.C4H10NO6P/c10-8(9(11)12)5-6-1-3-7(4-2-6)16-17(13,14)15;1-2(3(5)4(6)7)11-12(8,9)10/h1-4,8H,5,10H2,(H,11,12)(H2,13,14,15);2-3H,5H2,1H3,(H,6,7)(H2,8,9,10)/t8-;2-,3+/m01/s1. The van der Waals surface area contributed by atoms with Crippen LogP contribution in [0.5, 0.6) is 5.75 Å². The predicted octanol–water partition coefficient (Wildman–Crippen LogP) is -0.991. The summed E-state index contributed by atoms with van der Waals surface area (Å²) in [5.74, 6) is -2.48. The molecule has 1 aromatic rings. The van der Waals surface area contributed by atoms with Gasteiger partial charge in [0.15, 0.2) is 0 Å². The molecule has 0 unspecified atom stereocenters. The molecular formula is C13H22N2O12P2. The molecule has 1 aromatic carbocycles. The first-order valence-corrected chi connectivity index (χ1v) is 10.6. The number of carboxylic acid groups (broad SMARTS) is 2. The van der Waals surface area contributed by atoms with Gasteiger partial charge in [0.05, 0.1) is 6.10 Å². The Bertz CT molecular complexity index is 775. The molecule has 0 bridgehead atoms. The van der Waals surface area contributed by atoms with Crippen LogP contribution in [0.3, 0.4) is 0 Å². The van der Waals surface area contributed by atoms with Crippen LogP contribution in [0.4, 0.5) is 0 Å². The van der Waals surface area contributed by atoms with Gasteiger partial charge in [0.25, 0.3) is 0 Å². The number of phosphoric ester groups is 2. The molecule has 0 aliphatic rings. The predicted molar refractivity (Wildman–Crippen MR) is 96.6 cm³/mol. The van der Waals surface area contributed by atoms with E-state index in [0.29, 0.717) is 5.56 Å². The van der Waals surface area contributed by atoms with Crippen molar-refractivity contribution in [2.75, 3.05) is 0 Å². The van der Waals surface area contributed by atoms with Crippen LogP contribution in [0, 0.1) is 0 Å². The van der Waals surface area contributed by atoms with Crippen LogP contribution in [0.15, 0.2) is 24.3 Å². The number of carboxylic acids is 2. The van der Waals surface area contributed by atoms with Crippen molar-refractivity contribution in [3.05, 3.63) is 29.8 Å². The second-order valence-corrected chi connectivity index (χ2v) is 7.90. The van der Waals surface area contributed by atoms with Crippen LogP contribution in [-0.2, 0) is 29.7 Å². The molecule has 1 rings (SSSR count). The molecule has 0 spiro atoms. The summed E-state index contributed by atoms with van der Waals surface area (Å²) in [4.78, 5) is 54.3. The maximum atomic E-state index is 10.5. The van der Waals surface area contributed by atoms with Gasteiger partial charge >= 0.3 is 27.6 Å². The van der Waals surface area contributed by atoms with Gasteiger partial charge in [0.2, 0.25) is 0 Å². The Morgan fingerprint density at radius 3 is 1.79 bits per heavy atom. The molecule has 0 fully saturated rings. The van der Waals surface area contributed by atoms with Crippen LogP contribution >= 0.6 is 15.6 Å². The van der Waals surface area contributed by atoms with E-state index >= 15 is 0 Å². The van der Waals surface area contributed by atoms with E-state index in [9.17, 15) is 18.7 Å². The van der Waals surface area contributed by atoms with E-state index in [1.807, 2.05) is 0 Å². The zero-order chi connectivity index (χ0) is 23.0. The summed E-state index contributed by atoms with van der Waals surface area (Å²) in [5, 5.41) is 16.9. The van der Waals surface area contributed by atoms with Gasteiger partial charge in [-0.05, 0) is 31.0 Å². The van der Waals surface area contributed by atoms with Gasteiger partial charge in [-0.1, -0.05) is 12.1 Å². The number of hydrogen-bond acceptors (Lipinski definition) is 8. The molecule has 0 aliphatic heterocycles. The zero-order valence-electron chi connectivity index (χ0n) is 14.9. The molecule has 14 nitrogen and oxygen atoms in total. The van der Waals surface area contributed by atoms with E-state index in [-0.39, 0.29) is 12.2 Å². The second kappa shape index (κ2) is 11.4. The molecule has 0 heterocycles. The lowest BCUT2D eigenvalue weighted by Gasteiger charge is -2.16. The number of aliphatic carboxylic acids is 2. The first-order valence-electron chi connectivity index (χ1n) is 7.56. The third-order valence-electron chi connectivity index (χ3n) is 3.01. The van der Waals surface area contributed by atoms with Gasteiger partial charge in [-0.2, -0.15) is 0 Å². The Hall–Kier alpha value is -1.86. The largest absolute Gasteiger partial charge is 0.524 e. The van der Waals surface area contributed by atoms with Crippen molar-refractivity contribution in [1.29, 1.82) is 0 Å². The summed E-state index contributed by atoms with van der Waals surface area (Å²) >= 11 is 0. The van der Waals surface area contributed by atoms with Crippen LogP contribution in [0.25, 0.3) is 0 Å². The molecule has 3 atom stereocenters. The number of benzene rings is 1. The van der Waals surface area contributed by atoms with Crippen LogP contribution in [0.1, 0.15) is 12.5 Å². The van der Waals surface area contributed by atoms with E-state index in [0.717, 1.165) is 6.92 Å². The molecule has 0 aromatic heterocycles. The van der Waals surface area contributed by atoms with Crippen molar-refractivity contribution in [3.63, 3.8) is 0 Å². The van der Waals surface area contributed by atoms with Crippen molar-refractivity contribution in [2.24, 2.45) is 11.5 Å². The highest BCUT2D eigenvalue weighted by molar-refractivity contribution is 7.46. The van der Waals surface area contributed by atoms with Crippen molar-refractivity contribution in [1.82, 2.24) is 0 Å². The lowest BCUT2D eigenvalue weighted by molar-refractivity contribution is -0.141. The minimum atomic E-state index is -4.66. The summed E-state index contributed by atoms with van der Waals surface area (Å²) in [6.07, 6.45) is -1.10. The van der Waals surface area contributed by atoms with Crippen LogP contribution in [-0.4, -0.2) is 59.9 Å². The highest BCUT2D eigenvalue weighted by Crippen LogP contribution is 2.38. The van der Waals surface area contributed by atoms with Gasteiger partial charge in [0, 0.05) is 0 Å². The maximum absolute atomic E-state index is 10.5. The fraction of sp³-hybridized carbons (Fsp3) is 0.385. The van der Waals surface area contributed by atoms with Gasteiger partial charge in [-0.3, -0.25) is 23.9 Å². The van der Waals surface area contributed by atoms with Crippen molar-refractivity contribution in [3.8, 4) is 5.75 Å². The van der Waals surface area contributed by atoms with Crippen LogP contribution in [0.2, 0.25) is 0 Å². The molecule has 16 heteroatoms. The Morgan fingerprint density at radius 2 is 1.45 bits per heavy atom. The average molecular weight is 460 g/mol. The van der Waals surface area contributed by atoms with E-state index < -0.39 is 45.8 Å².